The number of aliphatic hydroxyl groups excluding tert-OH is 1. The summed E-state index contributed by atoms with van der Waals surface area (Å²) in [5, 5.41) is 17.5. The molecule has 584 valence electrons. The van der Waals surface area contributed by atoms with Gasteiger partial charge in [-0.15, -0.1) is 0 Å². The lowest BCUT2D eigenvalue weighted by atomic mass is 9.77. The number of alkyl halides is 2. The summed E-state index contributed by atoms with van der Waals surface area (Å²) in [5.41, 5.74) is 8.41. The third-order valence-electron chi connectivity index (χ3n) is 20.4. The number of nitrogens with zero attached hydrogens (tertiary/aromatic N) is 9. The molecule has 3 unspecified atom stereocenters. The molecule has 21 nitrogen and oxygen atoms in total. The van der Waals surface area contributed by atoms with Crippen molar-refractivity contribution >= 4 is 41.6 Å². The van der Waals surface area contributed by atoms with E-state index in [0.29, 0.717) is 57.5 Å². The van der Waals surface area contributed by atoms with Crippen molar-refractivity contribution in [1.29, 1.82) is 0 Å². The van der Waals surface area contributed by atoms with Gasteiger partial charge in [-0.05, 0) is 109 Å². The first kappa shape index (κ1) is 80.1. The number of aromatic nitrogens is 8. The highest BCUT2D eigenvalue weighted by atomic mass is 31.2. The molecule has 24 heteroatoms. The molecule has 15 rings (SSSR count). The van der Waals surface area contributed by atoms with E-state index in [1.165, 1.54) is 19.3 Å². The Bertz CT molecular complexity index is 4950. The molecular weight excluding hydrogens is 1450 g/mol. The number of hydrogen-bond acceptors (Lipinski definition) is 19. The molecule has 4 aromatic heterocycles. The van der Waals surface area contributed by atoms with Crippen molar-refractivity contribution in [3.8, 4) is 11.5 Å². The molecule has 9 aromatic carbocycles. The van der Waals surface area contributed by atoms with Crippen LogP contribution in [-0.2, 0) is 63.5 Å². The minimum Gasteiger partial charge on any atom is -0.497 e. The van der Waals surface area contributed by atoms with Gasteiger partial charge in [0.2, 0.25) is 0 Å². The summed E-state index contributed by atoms with van der Waals surface area (Å²) < 4.78 is 95.7. The van der Waals surface area contributed by atoms with Crippen molar-refractivity contribution < 1.29 is 55.9 Å². The van der Waals surface area contributed by atoms with E-state index in [1.54, 1.807) is 36.0 Å². The van der Waals surface area contributed by atoms with Gasteiger partial charge in [-0.3, -0.25) is 13.7 Å². The van der Waals surface area contributed by atoms with Crippen molar-refractivity contribution in [2.45, 2.75) is 120 Å². The highest BCUT2D eigenvalue weighted by molar-refractivity contribution is 7.52. The number of benzene rings is 9. The van der Waals surface area contributed by atoms with E-state index in [0.717, 1.165) is 50.1 Å². The maximum Gasteiger partial charge on any atom is 0.328 e. The average molecular weight is 1550 g/mol. The second-order valence-electron chi connectivity index (χ2n) is 28.2. The number of methoxy groups -OCH3 is 2. The highest BCUT2D eigenvalue weighted by Crippen LogP contribution is 2.48. The zero-order chi connectivity index (χ0) is 78.9. The van der Waals surface area contributed by atoms with Crippen LogP contribution in [0.25, 0.3) is 22.3 Å². The normalized spacial score (nSPS) is 18.8. The Labute approximate surface area is 657 Å². The molecule has 0 radical (unpaired) electrons. The van der Waals surface area contributed by atoms with Crippen LogP contribution in [0, 0.1) is 0 Å². The molecule has 2 aliphatic heterocycles. The van der Waals surface area contributed by atoms with Gasteiger partial charge in [-0.25, -0.2) is 38.7 Å². The lowest BCUT2D eigenvalue weighted by Crippen LogP contribution is -2.38. The Morgan fingerprint density at radius 1 is 0.460 bits per heavy atom. The number of anilines is 2. The number of imidazole rings is 2. The number of aliphatic hydroxyl groups is 1. The van der Waals surface area contributed by atoms with Gasteiger partial charge in [0, 0.05) is 18.7 Å². The predicted molar refractivity (Wildman–Crippen MR) is 433 cm³/mol. The second kappa shape index (κ2) is 37.1. The SMILES string of the molecule is CC(C)N(C)C(C)C.COc1ccc(CO[C@H]2C(F)[C@@H](CO)O[C@H]2n2cnc3c(NC(c4ccccc4)(c4ccccc4)c4ccccc4)ncnc32)cc1.COc1ccc(CO[C@H]2C(F)[C@@H](COP(C)(=O)OCc3ccccc3)O[C@H]2n2cnc3c(NC(c4ccccc4)(c4ccccc4)c4ccccc4)ncnc32)cc1. The Kier molecular flexibility index (Phi) is 26.3. The zero-order valence-corrected chi connectivity index (χ0v) is 65.2. The summed E-state index contributed by atoms with van der Waals surface area (Å²) in [5.74, 6) is 2.33. The van der Waals surface area contributed by atoms with Crippen LogP contribution in [0.4, 0.5) is 20.4 Å². The first-order valence-electron chi connectivity index (χ1n) is 37.6. The zero-order valence-electron chi connectivity index (χ0n) is 64.3. The molecule has 3 N–H and O–H groups in total. The second-order valence-corrected chi connectivity index (χ2v) is 30.2. The molecule has 2 aliphatic rings. The molecule has 113 heavy (non-hydrogen) atoms. The fraction of sp³-hybridized carbons (Fsp3) is 0.281. The van der Waals surface area contributed by atoms with Crippen LogP contribution in [0.5, 0.6) is 11.5 Å². The van der Waals surface area contributed by atoms with Crippen molar-refractivity contribution in [3.05, 3.63) is 336 Å². The van der Waals surface area contributed by atoms with Gasteiger partial charge in [0.05, 0.1) is 59.9 Å². The van der Waals surface area contributed by atoms with Crippen LogP contribution in [-0.4, -0.2) is 139 Å². The summed E-state index contributed by atoms with van der Waals surface area (Å²) in [7, 11) is 1.74. The lowest BCUT2D eigenvalue weighted by molar-refractivity contribution is -0.0741. The van der Waals surface area contributed by atoms with Gasteiger partial charge in [-0.2, -0.15) is 0 Å². The predicted octanol–water partition coefficient (Wildman–Crippen LogP) is 16.9. The van der Waals surface area contributed by atoms with Crippen LogP contribution in [0.15, 0.2) is 286 Å². The highest BCUT2D eigenvalue weighted by Gasteiger charge is 2.50. The molecule has 13 aromatic rings. The summed E-state index contributed by atoms with van der Waals surface area (Å²) in [6.07, 6.45) is -3.61. The van der Waals surface area contributed by atoms with Gasteiger partial charge in [0.25, 0.3) is 0 Å². The third kappa shape index (κ3) is 18.3. The quantitative estimate of drug-likeness (QED) is 0.0293. The molecule has 2 saturated heterocycles. The van der Waals surface area contributed by atoms with Crippen LogP contribution >= 0.6 is 7.60 Å². The fourth-order valence-electron chi connectivity index (χ4n) is 14.1. The van der Waals surface area contributed by atoms with Crippen LogP contribution in [0.1, 0.15) is 90.2 Å². The molecule has 6 heterocycles. The number of halogens is 2. The first-order chi connectivity index (χ1) is 55.0. The van der Waals surface area contributed by atoms with E-state index in [1.807, 2.05) is 188 Å². The summed E-state index contributed by atoms with van der Waals surface area (Å²) in [6, 6.07) is 86.3. The van der Waals surface area contributed by atoms with Crippen LogP contribution < -0.4 is 20.1 Å². The van der Waals surface area contributed by atoms with Gasteiger partial charge in [0.15, 0.2) is 58.8 Å². The van der Waals surface area contributed by atoms with E-state index in [-0.39, 0.29) is 26.4 Å². The molecule has 0 spiro atoms. The summed E-state index contributed by atoms with van der Waals surface area (Å²) in [6.45, 7) is 9.65. The Balaban J connectivity index is 0.000000183. The fourth-order valence-corrected chi connectivity index (χ4v) is 15.0. The molecule has 9 atom stereocenters. The smallest absolute Gasteiger partial charge is 0.328 e. The largest absolute Gasteiger partial charge is 0.497 e. The molecular formula is C89H94F2N11O10P. The number of ether oxygens (including phenoxy) is 6. The minimum absolute atomic E-state index is 0.0760. The van der Waals surface area contributed by atoms with Gasteiger partial charge in [0.1, 0.15) is 59.6 Å². The number of hydrogen-bond donors (Lipinski definition) is 3. The molecule has 0 saturated carbocycles. The maximum absolute atomic E-state index is 16.6. The molecule has 0 bridgehead atoms. The minimum atomic E-state index is -3.60. The van der Waals surface area contributed by atoms with E-state index in [2.05, 4.69) is 138 Å². The van der Waals surface area contributed by atoms with E-state index >= 15 is 8.78 Å². The van der Waals surface area contributed by atoms with Crippen LogP contribution in [0.3, 0.4) is 0 Å². The Morgan fingerprint density at radius 2 is 0.788 bits per heavy atom. The van der Waals surface area contributed by atoms with Crippen molar-refractivity contribution in [2.24, 2.45) is 0 Å². The van der Waals surface area contributed by atoms with Gasteiger partial charge < -0.3 is 58.1 Å². The molecule has 0 aliphatic carbocycles. The number of fused-ring (bicyclic) bond motifs is 2. The Hall–Kier alpha value is -11.0. The third-order valence-corrected chi connectivity index (χ3v) is 21.7. The topological polar surface area (TPSA) is 226 Å². The van der Waals surface area contributed by atoms with Gasteiger partial charge in [-0.1, -0.05) is 237 Å². The van der Waals surface area contributed by atoms with Crippen molar-refractivity contribution in [1.82, 2.24) is 43.9 Å². The lowest BCUT2D eigenvalue weighted by Gasteiger charge is -2.37. The Morgan fingerprint density at radius 3 is 1.12 bits per heavy atom. The molecule has 2 fully saturated rings. The van der Waals surface area contributed by atoms with Crippen molar-refractivity contribution in [3.63, 3.8) is 0 Å². The van der Waals surface area contributed by atoms with E-state index < -0.39 is 74.5 Å². The van der Waals surface area contributed by atoms with Crippen LogP contribution in [0.2, 0.25) is 0 Å². The number of rotatable bonds is 29. The van der Waals surface area contributed by atoms with E-state index in [4.69, 9.17) is 52.4 Å². The van der Waals surface area contributed by atoms with Crippen molar-refractivity contribution in [2.75, 3.05) is 51.8 Å². The number of nitrogens with one attached hydrogen (secondary N) is 2. The average Bonchev–Trinajstić information content (AvgIpc) is 1.72. The summed E-state index contributed by atoms with van der Waals surface area (Å²) >= 11 is 0. The molecule has 0 amide bonds. The maximum atomic E-state index is 16.6. The first-order valence-corrected chi connectivity index (χ1v) is 39.6. The summed E-state index contributed by atoms with van der Waals surface area (Å²) in [4.78, 5) is 30.4. The standard InChI is InChI=1S/C45H43FN5O6P.C37H34FN5O4.C7H17N/c1-53-37-25-23-33(24-26-37)27-54-41-39(46)38(29-56-58(2,52)55-28-32-15-7-3-8-16-32)57-44(41)51-31-49-40-42(47-30-48-43(40)51)50-45(34-17-9-4-10-18-34,35-19-11-5-12-20-35)36-21-13-6-14-22-36;1-45-29-19-17-25(18-20-29)22-46-33-31(38)30(21-44)47-36(33)43-24-41-32-34(39-23-40-35(32)43)42-37(26-11-5-2-6-12-26,27-13-7-3-8-14-27)28-15-9-4-10-16-28;1-6(2)8(5)7(3)4/h3-26,30-31,38-39,41,44H,27-29H2,1-2H3,(H,47,48,50);2-20,23-24,30-31,33,36,44H,21-22H2,1H3,(H,39,40,42);6-7H,1-5H3/t38-,39?,41+,44-,58?;30-,31?,33+,36-;/m11./s1. The van der Waals surface area contributed by atoms with Gasteiger partial charge >= 0.3 is 7.60 Å². The van der Waals surface area contributed by atoms with E-state index in [9.17, 15) is 9.67 Å². The monoisotopic (exact) mass is 1550 g/mol.